The van der Waals surface area contributed by atoms with Crippen molar-refractivity contribution in [2.75, 3.05) is 6.61 Å². The van der Waals surface area contributed by atoms with E-state index in [1.54, 1.807) is 12.1 Å². The fourth-order valence-corrected chi connectivity index (χ4v) is 5.41. The zero-order valence-corrected chi connectivity index (χ0v) is 23.4. The molecule has 0 amide bonds. The van der Waals surface area contributed by atoms with Gasteiger partial charge in [0.25, 0.3) is 0 Å². The van der Waals surface area contributed by atoms with Gasteiger partial charge in [-0.15, -0.1) is 0 Å². The predicted octanol–water partition coefficient (Wildman–Crippen LogP) is 10.6. The number of hydrogen-bond acceptors (Lipinski definition) is 1. The average molecular weight is 535 g/mol. The Morgan fingerprint density at radius 2 is 1.56 bits per heavy atom. The summed E-state index contributed by atoms with van der Waals surface area (Å²) >= 11 is 0. The topological polar surface area (TPSA) is 9.23 Å². The van der Waals surface area contributed by atoms with Crippen LogP contribution in [0.4, 0.5) is 13.2 Å². The van der Waals surface area contributed by atoms with Crippen molar-refractivity contribution in [3.8, 4) is 16.9 Å². The van der Waals surface area contributed by atoms with Gasteiger partial charge in [0.2, 0.25) is 0 Å². The summed E-state index contributed by atoms with van der Waals surface area (Å²) in [5.41, 5.74) is 4.13. The van der Waals surface area contributed by atoms with Crippen molar-refractivity contribution >= 4 is 5.57 Å². The van der Waals surface area contributed by atoms with Crippen LogP contribution in [-0.4, -0.2) is 6.61 Å². The number of allylic oxidation sites excluding steroid dienone is 2. The van der Waals surface area contributed by atoms with Gasteiger partial charge in [0, 0.05) is 17.2 Å². The molecule has 0 fully saturated rings. The molecular weight excluding hydrogens is 493 g/mol. The lowest BCUT2D eigenvalue weighted by Crippen LogP contribution is -2.08. The summed E-state index contributed by atoms with van der Waals surface area (Å²) in [6, 6.07) is 16.0. The molecule has 0 heterocycles. The van der Waals surface area contributed by atoms with Crippen molar-refractivity contribution in [2.45, 2.75) is 84.5 Å². The van der Waals surface area contributed by atoms with Gasteiger partial charge in [-0.1, -0.05) is 87.1 Å². The number of benzene rings is 3. The number of aryl methyl sites for hydroxylation is 2. The van der Waals surface area contributed by atoms with Gasteiger partial charge in [-0.3, -0.25) is 0 Å². The largest absolute Gasteiger partial charge is 0.493 e. The van der Waals surface area contributed by atoms with Gasteiger partial charge in [0.05, 0.1) is 6.61 Å². The molecule has 0 spiro atoms. The summed E-state index contributed by atoms with van der Waals surface area (Å²) in [5.74, 6) is -0.817. The third kappa shape index (κ3) is 8.00. The first-order valence-electron chi connectivity index (χ1n) is 14.6. The van der Waals surface area contributed by atoms with Crippen LogP contribution < -0.4 is 4.74 Å². The first-order chi connectivity index (χ1) is 19.0. The molecule has 4 heteroatoms. The molecule has 0 bridgehead atoms. The minimum atomic E-state index is -0.781. The average Bonchev–Trinajstić information content (AvgIpc) is 2.94. The summed E-state index contributed by atoms with van der Waals surface area (Å²) in [4.78, 5) is 0. The molecule has 0 N–H and O–H groups in total. The molecule has 39 heavy (non-hydrogen) atoms. The van der Waals surface area contributed by atoms with Gasteiger partial charge >= 0.3 is 0 Å². The standard InChI is InChI=1S/C35H41F3O/c1-3-4-5-6-7-8-23-39-30-20-22-31(33(36)24-30)27-16-11-26(12-17-27)13-18-29-19-21-32(35(38)34(29)37)28-14-9-25(2)10-15-28/h9-10,14-16,19-22,24,26H,3-8,11-13,17-18,23H2,1-2H3. The molecular formula is C35H41F3O. The Morgan fingerprint density at radius 3 is 2.28 bits per heavy atom. The van der Waals surface area contributed by atoms with Gasteiger partial charge in [-0.05, 0) is 80.2 Å². The number of halogens is 3. The van der Waals surface area contributed by atoms with E-state index in [0.717, 1.165) is 49.7 Å². The van der Waals surface area contributed by atoms with Gasteiger partial charge < -0.3 is 4.74 Å². The van der Waals surface area contributed by atoms with Crippen LogP contribution in [0.1, 0.15) is 87.8 Å². The molecule has 0 saturated carbocycles. The second-order valence-corrected chi connectivity index (χ2v) is 10.9. The minimum absolute atomic E-state index is 0.244. The molecule has 1 unspecified atom stereocenters. The fraction of sp³-hybridized carbons (Fsp3) is 0.429. The molecule has 1 nitrogen and oxygen atoms in total. The van der Waals surface area contributed by atoms with Crippen LogP contribution in [0.3, 0.4) is 0 Å². The number of unbranched alkanes of at least 4 members (excludes halogenated alkanes) is 5. The van der Waals surface area contributed by atoms with Crippen LogP contribution >= 0.6 is 0 Å². The van der Waals surface area contributed by atoms with E-state index in [1.807, 2.05) is 43.3 Å². The predicted molar refractivity (Wildman–Crippen MR) is 155 cm³/mol. The molecule has 0 radical (unpaired) electrons. The van der Waals surface area contributed by atoms with Crippen LogP contribution in [0, 0.1) is 30.3 Å². The Labute approximate surface area is 232 Å². The molecule has 4 rings (SSSR count). The zero-order chi connectivity index (χ0) is 27.6. The monoisotopic (exact) mass is 534 g/mol. The van der Waals surface area contributed by atoms with Gasteiger partial charge in [-0.2, -0.15) is 0 Å². The Bertz CT molecular complexity index is 1250. The van der Waals surface area contributed by atoms with Crippen LogP contribution in [0.25, 0.3) is 16.7 Å². The quantitative estimate of drug-likeness (QED) is 0.198. The molecule has 0 saturated heterocycles. The van der Waals surface area contributed by atoms with Crippen molar-refractivity contribution in [1.82, 2.24) is 0 Å². The molecule has 3 aromatic rings. The highest BCUT2D eigenvalue weighted by Gasteiger charge is 2.20. The van der Waals surface area contributed by atoms with Crippen molar-refractivity contribution in [1.29, 1.82) is 0 Å². The second-order valence-electron chi connectivity index (χ2n) is 10.9. The van der Waals surface area contributed by atoms with E-state index >= 15 is 0 Å². The lowest BCUT2D eigenvalue weighted by Gasteiger charge is -2.23. The number of hydrogen-bond donors (Lipinski definition) is 0. The van der Waals surface area contributed by atoms with Crippen LogP contribution in [0.15, 0.2) is 60.7 Å². The van der Waals surface area contributed by atoms with Crippen molar-refractivity contribution in [2.24, 2.45) is 5.92 Å². The van der Waals surface area contributed by atoms with E-state index in [0.29, 0.717) is 46.9 Å². The highest BCUT2D eigenvalue weighted by Crippen LogP contribution is 2.35. The van der Waals surface area contributed by atoms with Crippen LogP contribution in [-0.2, 0) is 6.42 Å². The zero-order valence-electron chi connectivity index (χ0n) is 23.4. The SMILES string of the molecule is CCCCCCCCOc1ccc(C2=CCC(CCc3ccc(-c4ccc(C)cc4)c(F)c3F)CC2)c(F)c1. The van der Waals surface area contributed by atoms with Crippen LogP contribution in [0.2, 0.25) is 0 Å². The Balaban J connectivity index is 1.27. The lowest BCUT2D eigenvalue weighted by atomic mass is 9.83. The van der Waals surface area contributed by atoms with Crippen LogP contribution in [0.5, 0.6) is 5.75 Å². The van der Waals surface area contributed by atoms with E-state index in [-0.39, 0.29) is 5.82 Å². The maximum atomic E-state index is 14.9. The van der Waals surface area contributed by atoms with Gasteiger partial charge in [0.1, 0.15) is 11.6 Å². The molecule has 1 aliphatic rings. The first kappa shape index (κ1) is 29.0. The fourth-order valence-electron chi connectivity index (χ4n) is 5.41. The van der Waals surface area contributed by atoms with Gasteiger partial charge in [0.15, 0.2) is 11.6 Å². The summed E-state index contributed by atoms with van der Waals surface area (Å²) < 4.78 is 50.3. The van der Waals surface area contributed by atoms with E-state index in [2.05, 4.69) is 13.0 Å². The van der Waals surface area contributed by atoms with E-state index in [4.69, 9.17) is 4.74 Å². The van der Waals surface area contributed by atoms with E-state index < -0.39 is 11.6 Å². The van der Waals surface area contributed by atoms with Crippen molar-refractivity contribution < 1.29 is 17.9 Å². The summed E-state index contributed by atoms with van der Waals surface area (Å²) in [6.07, 6.45) is 13.0. The summed E-state index contributed by atoms with van der Waals surface area (Å²) in [6.45, 7) is 4.80. The number of rotatable bonds is 13. The Morgan fingerprint density at radius 1 is 0.821 bits per heavy atom. The molecule has 1 atom stereocenters. The highest BCUT2D eigenvalue weighted by molar-refractivity contribution is 5.67. The van der Waals surface area contributed by atoms with E-state index in [1.165, 1.54) is 31.7 Å². The minimum Gasteiger partial charge on any atom is -0.493 e. The molecule has 0 aliphatic heterocycles. The number of ether oxygens (including phenoxy) is 1. The molecule has 3 aromatic carbocycles. The lowest BCUT2D eigenvalue weighted by molar-refractivity contribution is 0.303. The van der Waals surface area contributed by atoms with Crippen molar-refractivity contribution in [3.05, 3.63) is 94.8 Å². The summed E-state index contributed by atoms with van der Waals surface area (Å²) in [7, 11) is 0. The molecule has 208 valence electrons. The molecule has 1 aliphatic carbocycles. The maximum Gasteiger partial charge on any atom is 0.166 e. The third-order valence-corrected chi connectivity index (χ3v) is 7.92. The van der Waals surface area contributed by atoms with Crippen molar-refractivity contribution in [3.63, 3.8) is 0 Å². The van der Waals surface area contributed by atoms with E-state index in [9.17, 15) is 13.2 Å². The highest BCUT2D eigenvalue weighted by atomic mass is 19.2. The Kier molecular flexibility index (Phi) is 10.7. The third-order valence-electron chi connectivity index (χ3n) is 7.92. The smallest absolute Gasteiger partial charge is 0.166 e. The Hall–Kier alpha value is -3.01. The second kappa shape index (κ2) is 14.4. The summed E-state index contributed by atoms with van der Waals surface area (Å²) in [5, 5.41) is 0. The normalized spacial score (nSPS) is 15.3. The molecule has 0 aromatic heterocycles. The maximum absolute atomic E-state index is 14.9. The first-order valence-corrected chi connectivity index (χ1v) is 14.6. The van der Waals surface area contributed by atoms with Gasteiger partial charge in [-0.25, -0.2) is 13.2 Å².